The number of aromatic nitrogens is 4. The van der Waals surface area contributed by atoms with Gasteiger partial charge >= 0.3 is 24.7 Å². The summed E-state index contributed by atoms with van der Waals surface area (Å²) in [6, 6.07) is 4.20. The highest BCUT2D eigenvalue weighted by atomic mass is 127. The number of nitrogens with zero attached hydrogens (tertiary/aromatic N) is 7. The highest BCUT2D eigenvalue weighted by molar-refractivity contribution is 14.1. The highest BCUT2D eigenvalue weighted by Crippen LogP contribution is 2.52. The lowest BCUT2D eigenvalue weighted by Gasteiger charge is -2.33. The first-order valence-electron chi connectivity index (χ1n) is 19.4. The molecule has 10 nitrogen and oxygen atoms in total. The summed E-state index contributed by atoms with van der Waals surface area (Å²) < 4.78 is 167. The van der Waals surface area contributed by atoms with E-state index < -0.39 is 115 Å². The van der Waals surface area contributed by atoms with Gasteiger partial charge in [0, 0.05) is 83.7 Å². The Kier molecular flexibility index (Phi) is 18.8. The van der Waals surface area contributed by atoms with Gasteiger partial charge in [0.1, 0.15) is 10.8 Å². The van der Waals surface area contributed by atoms with Gasteiger partial charge < -0.3 is 20.0 Å². The third kappa shape index (κ3) is 13.1. The molecule has 2 amide bonds. The van der Waals surface area contributed by atoms with E-state index >= 15 is 0 Å². The maximum atomic E-state index is 14.3. The molecule has 2 unspecified atom stereocenters. The quantitative estimate of drug-likeness (QED) is 0.0805. The average molecular weight is 1230 g/mol. The molecule has 1 N–H and O–H groups in total. The molecule has 2 aliphatic heterocycles. The summed E-state index contributed by atoms with van der Waals surface area (Å²) in [5, 5.41) is 1.28. The molecule has 2 fully saturated rings. The van der Waals surface area contributed by atoms with E-state index in [9.17, 15) is 62.3 Å². The summed E-state index contributed by atoms with van der Waals surface area (Å²) in [6.45, 7) is -0.669. The van der Waals surface area contributed by atoms with E-state index in [1.54, 1.807) is 0 Å². The number of hydrogen-bond acceptors (Lipinski definition) is 8. The van der Waals surface area contributed by atoms with Crippen LogP contribution in [0.5, 0.6) is 0 Å². The molecule has 0 radical (unpaired) electrons. The molecular weight excluding hydrogens is 1190 g/mol. The molecule has 4 heterocycles. The fraction of sp³-hybridized carbons (Fsp3) is 0.450. The molecule has 2 aromatic heterocycles. The van der Waals surface area contributed by atoms with Crippen LogP contribution in [0, 0.1) is 0 Å². The fourth-order valence-electron chi connectivity index (χ4n) is 7.31. The lowest BCUT2D eigenvalue weighted by Crippen LogP contribution is -2.45. The summed E-state index contributed by atoms with van der Waals surface area (Å²) >= 11 is 37.6. The minimum Gasteiger partial charge on any atom is -0.352 e. The van der Waals surface area contributed by atoms with E-state index in [0.29, 0.717) is 0 Å². The van der Waals surface area contributed by atoms with E-state index in [1.807, 2.05) is 4.93 Å². The summed E-state index contributed by atoms with van der Waals surface area (Å²) in [5.74, 6) is -2.08. The van der Waals surface area contributed by atoms with Crippen molar-refractivity contribution in [2.75, 3.05) is 48.0 Å². The zero-order chi connectivity index (χ0) is 52.4. The first-order chi connectivity index (χ1) is 31.7. The predicted molar refractivity (Wildman–Crippen MR) is 246 cm³/mol. The molecule has 2 atom stereocenters. The minimum absolute atomic E-state index is 0.108. The van der Waals surface area contributed by atoms with Crippen LogP contribution in [0.2, 0.25) is 30.1 Å². The number of hydrogen-bond donors (Lipinski definition) is 1. The van der Waals surface area contributed by atoms with Crippen LogP contribution in [0.3, 0.4) is 0 Å². The van der Waals surface area contributed by atoms with Gasteiger partial charge in [0.2, 0.25) is 23.7 Å². The largest absolute Gasteiger partial charge is 0.433 e. The van der Waals surface area contributed by atoms with Crippen molar-refractivity contribution in [1.29, 1.82) is 0 Å². The van der Waals surface area contributed by atoms with Gasteiger partial charge in [-0.15, -0.1) is 0 Å². The van der Waals surface area contributed by atoms with Crippen molar-refractivity contribution >= 4 is 116 Å². The maximum absolute atomic E-state index is 14.3. The number of rotatable bonds is 8. The molecule has 2 saturated heterocycles. The standard InChI is InChI=1S/C20H17Cl3F6N4O.C19H15Cl3F6N4O.CH3I/c1-10(34)32(2)8-11-7-30-17(31-16(11)19(24,25)26)33-4-3-18(9-33,20(27,28)29)12-5-13(21)15(23)14(22)6-12;1-9(33)29-6-10-7-30-16(31-15(10)18(23,24)25)32-3-2-17(8-32,19(26,27)28)11-4-12(20)14(22)13(21)5-11;1-2/h5-7H,3-4,8-9H2,1-2H3;4-5,7H,2-3,6,8H2,1H3,(H,29,33);1H3. The van der Waals surface area contributed by atoms with Crippen LogP contribution in [0.1, 0.15) is 60.3 Å². The van der Waals surface area contributed by atoms with Crippen LogP contribution in [0.25, 0.3) is 0 Å². The molecular formula is C40H35Cl6F12IN8O2. The van der Waals surface area contributed by atoms with Gasteiger partial charge in [-0.1, -0.05) is 92.2 Å². The van der Waals surface area contributed by atoms with Crippen molar-refractivity contribution in [3.8, 4) is 0 Å². The van der Waals surface area contributed by atoms with Gasteiger partial charge in [0.25, 0.3) is 0 Å². The Morgan fingerprint density at radius 1 is 0.652 bits per heavy atom. The Bertz CT molecular complexity index is 2490. The van der Waals surface area contributed by atoms with Gasteiger partial charge in [-0.05, 0) is 53.2 Å². The Balaban J connectivity index is 0.000000290. The fourth-order valence-corrected chi connectivity index (χ4v) is 8.50. The maximum Gasteiger partial charge on any atom is 0.433 e. The second kappa shape index (κ2) is 22.3. The van der Waals surface area contributed by atoms with E-state index in [4.69, 9.17) is 69.6 Å². The molecule has 2 aliphatic rings. The number of anilines is 2. The number of carbonyl (C=O) groups is 2. The normalized spacial score (nSPS) is 18.6. The molecule has 69 heavy (non-hydrogen) atoms. The van der Waals surface area contributed by atoms with Crippen LogP contribution in [0.4, 0.5) is 64.6 Å². The zero-order valence-corrected chi connectivity index (χ0v) is 42.4. The van der Waals surface area contributed by atoms with Crippen molar-refractivity contribution in [1.82, 2.24) is 30.2 Å². The van der Waals surface area contributed by atoms with Crippen LogP contribution in [-0.4, -0.2) is 87.2 Å². The number of halogens is 19. The van der Waals surface area contributed by atoms with Gasteiger partial charge in [0.15, 0.2) is 11.4 Å². The number of nitrogens with one attached hydrogen (secondary N) is 1. The van der Waals surface area contributed by atoms with E-state index in [0.717, 1.165) is 58.3 Å². The SMILES string of the molecule is CC(=O)N(C)Cc1cnc(N2CCC(c3cc(Cl)c(Cl)c(Cl)c3)(C(F)(F)F)C2)nc1C(F)(F)F.CC(=O)NCc1cnc(N2CCC(c3cc(Cl)c(Cl)c(Cl)c3)(C(F)(F)F)C2)nc1C(F)(F)F.CI. The van der Waals surface area contributed by atoms with Crippen molar-refractivity contribution in [2.24, 2.45) is 0 Å². The van der Waals surface area contributed by atoms with Gasteiger partial charge in [0.05, 0.1) is 30.1 Å². The van der Waals surface area contributed by atoms with Crippen molar-refractivity contribution in [3.63, 3.8) is 0 Å². The number of benzene rings is 2. The lowest BCUT2D eigenvalue weighted by atomic mass is 9.79. The topological polar surface area (TPSA) is 107 Å². The number of carbonyl (C=O) groups excluding carboxylic acids is 2. The smallest absolute Gasteiger partial charge is 0.352 e. The van der Waals surface area contributed by atoms with Crippen LogP contribution >= 0.6 is 92.2 Å². The summed E-state index contributed by atoms with van der Waals surface area (Å²) in [7, 11) is 1.30. The highest BCUT2D eigenvalue weighted by Gasteiger charge is 2.61. The zero-order valence-electron chi connectivity index (χ0n) is 35.7. The monoisotopic (exact) mass is 1220 g/mol. The Morgan fingerprint density at radius 2 is 1.00 bits per heavy atom. The van der Waals surface area contributed by atoms with Gasteiger partial charge in [-0.25, -0.2) is 19.9 Å². The second-order valence-corrected chi connectivity index (χ2v) is 17.8. The molecule has 4 aromatic rings. The van der Waals surface area contributed by atoms with Crippen molar-refractivity contribution in [2.45, 2.75) is 75.3 Å². The van der Waals surface area contributed by atoms with Gasteiger partial charge in [-0.3, -0.25) is 9.59 Å². The Hall–Kier alpha value is -3.23. The van der Waals surface area contributed by atoms with Crippen LogP contribution < -0.4 is 15.1 Å². The van der Waals surface area contributed by atoms with Crippen molar-refractivity contribution < 1.29 is 62.3 Å². The Labute approximate surface area is 429 Å². The molecule has 29 heteroatoms. The Morgan fingerprint density at radius 3 is 1.32 bits per heavy atom. The summed E-state index contributed by atoms with van der Waals surface area (Å²) in [5.41, 5.74) is -8.98. The molecule has 0 aliphatic carbocycles. The number of alkyl halides is 13. The molecule has 6 rings (SSSR count). The summed E-state index contributed by atoms with van der Waals surface area (Å²) in [6.07, 6.45) is -18.7. The number of amides is 2. The van der Waals surface area contributed by atoms with Crippen LogP contribution in [0.15, 0.2) is 36.7 Å². The molecule has 2 aromatic carbocycles. The third-order valence-electron chi connectivity index (χ3n) is 11.0. The van der Waals surface area contributed by atoms with E-state index in [1.165, 1.54) is 14.0 Å². The molecule has 0 saturated carbocycles. The minimum atomic E-state index is -4.91. The molecule has 0 bridgehead atoms. The van der Waals surface area contributed by atoms with E-state index in [-0.39, 0.29) is 59.9 Å². The van der Waals surface area contributed by atoms with Crippen LogP contribution in [-0.2, 0) is 45.9 Å². The average Bonchev–Trinajstić information content (AvgIpc) is 3.92. The lowest BCUT2D eigenvalue weighted by molar-refractivity contribution is -0.185. The van der Waals surface area contributed by atoms with Crippen molar-refractivity contribution in [3.05, 3.63) is 100 Å². The molecule has 380 valence electrons. The summed E-state index contributed by atoms with van der Waals surface area (Å²) in [4.78, 5) is 42.2. The molecule has 0 spiro atoms. The first kappa shape index (κ1) is 58.3. The third-order valence-corrected chi connectivity index (χ3v) is 13.4. The first-order valence-corrected chi connectivity index (χ1v) is 23.8. The van der Waals surface area contributed by atoms with E-state index in [2.05, 4.69) is 47.8 Å². The van der Waals surface area contributed by atoms with Gasteiger partial charge in [-0.2, -0.15) is 52.7 Å². The second-order valence-electron chi connectivity index (χ2n) is 15.4. The predicted octanol–water partition coefficient (Wildman–Crippen LogP) is 13.0.